The minimum absolute atomic E-state index is 0.150. The van der Waals surface area contributed by atoms with E-state index in [1.807, 2.05) is 6.07 Å². The molecule has 1 fully saturated rings. The van der Waals surface area contributed by atoms with E-state index in [-0.39, 0.29) is 22.7 Å². The van der Waals surface area contributed by atoms with Gasteiger partial charge in [-0.2, -0.15) is 0 Å². The van der Waals surface area contributed by atoms with E-state index in [0.29, 0.717) is 0 Å². The summed E-state index contributed by atoms with van der Waals surface area (Å²) in [5.41, 5.74) is 3.94. The van der Waals surface area contributed by atoms with Crippen LogP contribution in [0.2, 0.25) is 0 Å². The Bertz CT molecular complexity index is 563. The monoisotopic (exact) mass is 286 g/mol. The normalized spacial score (nSPS) is 26.4. The molecule has 1 aliphatic carbocycles. The third-order valence-electron chi connectivity index (χ3n) is 5.36. The number of carbonyl (C=O) groups excluding carboxylic acids is 1. The van der Waals surface area contributed by atoms with Gasteiger partial charge in [0.2, 0.25) is 0 Å². The molecular weight excluding hydrogens is 260 g/mol. The van der Waals surface area contributed by atoms with E-state index in [4.69, 9.17) is 4.74 Å². The zero-order chi connectivity index (χ0) is 15.3. The maximum Gasteiger partial charge on any atom is 0.191 e. The topological polar surface area (TPSA) is 26.3 Å². The van der Waals surface area contributed by atoms with Crippen LogP contribution in [-0.4, -0.2) is 18.5 Å². The Morgan fingerprint density at radius 3 is 2.38 bits per heavy atom. The van der Waals surface area contributed by atoms with Crippen molar-refractivity contribution in [3.63, 3.8) is 0 Å². The molecule has 0 bridgehead atoms. The predicted octanol–water partition coefficient (Wildman–Crippen LogP) is 4.40. The lowest BCUT2D eigenvalue weighted by atomic mass is 9.63. The summed E-state index contributed by atoms with van der Waals surface area (Å²) in [5.74, 6) is 0.162. The molecule has 1 aliphatic heterocycles. The molecule has 3 rings (SSSR count). The first-order chi connectivity index (χ1) is 9.81. The molecule has 0 saturated carbocycles. The van der Waals surface area contributed by atoms with Crippen molar-refractivity contribution in [2.75, 3.05) is 6.61 Å². The molecule has 0 aromatic heterocycles. The molecule has 1 atom stereocenters. The lowest BCUT2D eigenvalue weighted by Gasteiger charge is -2.42. The molecule has 1 saturated heterocycles. The first kappa shape index (κ1) is 14.8. The van der Waals surface area contributed by atoms with Gasteiger partial charge in [-0.3, -0.25) is 4.79 Å². The highest BCUT2D eigenvalue weighted by Crippen LogP contribution is 2.46. The number of hydrogen-bond donors (Lipinski definition) is 0. The van der Waals surface area contributed by atoms with Crippen LogP contribution >= 0.6 is 0 Å². The minimum Gasteiger partial charge on any atom is -0.370 e. The van der Waals surface area contributed by atoms with E-state index < -0.39 is 0 Å². The van der Waals surface area contributed by atoms with Gasteiger partial charge in [0, 0.05) is 12.2 Å². The van der Waals surface area contributed by atoms with Crippen LogP contribution in [0, 0.1) is 0 Å². The Balaban J connectivity index is 2.01. The van der Waals surface area contributed by atoms with Gasteiger partial charge < -0.3 is 4.74 Å². The summed E-state index contributed by atoms with van der Waals surface area (Å²) < 4.78 is 5.56. The van der Waals surface area contributed by atoms with E-state index in [9.17, 15) is 4.79 Å². The molecule has 1 unspecified atom stereocenters. The summed E-state index contributed by atoms with van der Waals surface area (Å²) in [5, 5.41) is 0. The number of fused-ring (bicyclic) bond motifs is 1. The molecular formula is C19H26O2. The first-order valence-electron chi connectivity index (χ1n) is 8.12. The highest BCUT2D eigenvalue weighted by atomic mass is 16.5. The summed E-state index contributed by atoms with van der Waals surface area (Å²) >= 11 is 0. The maximum absolute atomic E-state index is 12.6. The second-order valence-electron chi connectivity index (χ2n) is 7.89. The number of hydrogen-bond acceptors (Lipinski definition) is 2. The van der Waals surface area contributed by atoms with Crippen LogP contribution in [0.3, 0.4) is 0 Å². The standard InChI is InChI=1S/C19H26O2/c1-18(2)9-10-19(3,4)15-12-13(7-8-14(15)18)17(20)16-6-5-11-21-16/h7-8,12,16H,5-6,9-11H2,1-4H3. The summed E-state index contributed by atoms with van der Waals surface area (Å²) in [6.07, 6.45) is 4.02. The quantitative estimate of drug-likeness (QED) is 0.753. The third-order valence-corrected chi connectivity index (χ3v) is 5.36. The van der Waals surface area contributed by atoms with Gasteiger partial charge >= 0.3 is 0 Å². The molecule has 114 valence electrons. The van der Waals surface area contributed by atoms with Crippen molar-refractivity contribution in [3.05, 3.63) is 34.9 Å². The van der Waals surface area contributed by atoms with Crippen molar-refractivity contribution in [1.82, 2.24) is 0 Å². The summed E-state index contributed by atoms with van der Waals surface area (Å²) in [7, 11) is 0. The minimum atomic E-state index is -0.220. The molecule has 0 spiro atoms. The van der Waals surface area contributed by atoms with Crippen molar-refractivity contribution >= 4 is 5.78 Å². The number of benzene rings is 1. The highest BCUT2D eigenvalue weighted by molar-refractivity contribution is 6.00. The van der Waals surface area contributed by atoms with Gasteiger partial charge in [-0.05, 0) is 53.7 Å². The van der Waals surface area contributed by atoms with Crippen LogP contribution in [0.25, 0.3) is 0 Å². The summed E-state index contributed by atoms with van der Waals surface area (Å²) in [4.78, 5) is 12.6. The van der Waals surface area contributed by atoms with Gasteiger partial charge in [-0.15, -0.1) is 0 Å². The van der Waals surface area contributed by atoms with Gasteiger partial charge in [0.15, 0.2) is 5.78 Å². The Kier molecular flexibility index (Phi) is 3.48. The zero-order valence-corrected chi connectivity index (χ0v) is 13.7. The Morgan fingerprint density at radius 2 is 1.76 bits per heavy atom. The van der Waals surface area contributed by atoms with Crippen molar-refractivity contribution in [2.45, 2.75) is 70.3 Å². The molecule has 2 nitrogen and oxygen atoms in total. The Labute approximate surface area is 127 Å². The molecule has 0 N–H and O–H groups in total. The van der Waals surface area contributed by atoms with E-state index in [1.54, 1.807) is 0 Å². The Morgan fingerprint density at radius 1 is 1.10 bits per heavy atom. The van der Waals surface area contributed by atoms with Gasteiger partial charge in [-0.25, -0.2) is 0 Å². The maximum atomic E-state index is 12.6. The van der Waals surface area contributed by atoms with Crippen molar-refractivity contribution < 1.29 is 9.53 Å². The molecule has 1 heterocycles. The number of carbonyl (C=O) groups is 1. The fourth-order valence-electron chi connectivity index (χ4n) is 3.71. The van der Waals surface area contributed by atoms with Crippen molar-refractivity contribution in [3.8, 4) is 0 Å². The second kappa shape index (κ2) is 4.95. The lowest BCUT2D eigenvalue weighted by Crippen LogP contribution is -2.34. The van der Waals surface area contributed by atoms with Gasteiger partial charge in [-0.1, -0.05) is 39.8 Å². The molecule has 1 aromatic rings. The van der Waals surface area contributed by atoms with Crippen molar-refractivity contribution in [1.29, 1.82) is 0 Å². The van der Waals surface area contributed by atoms with Crippen LogP contribution in [-0.2, 0) is 15.6 Å². The summed E-state index contributed by atoms with van der Waals surface area (Å²) in [6.45, 7) is 9.92. The highest BCUT2D eigenvalue weighted by Gasteiger charge is 2.37. The van der Waals surface area contributed by atoms with E-state index in [2.05, 4.69) is 39.8 Å². The first-order valence-corrected chi connectivity index (χ1v) is 8.12. The largest absolute Gasteiger partial charge is 0.370 e. The lowest BCUT2D eigenvalue weighted by molar-refractivity contribution is 0.0642. The fourth-order valence-corrected chi connectivity index (χ4v) is 3.71. The molecule has 1 aromatic carbocycles. The number of ether oxygens (including phenoxy) is 1. The van der Waals surface area contributed by atoms with Crippen LogP contribution in [0.5, 0.6) is 0 Å². The van der Waals surface area contributed by atoms with Crippen molar-refractivity contribution in [2.24, 2.45) is 0 Å². The van der Waals surface area contributed by atoms with Crippen LogP contribution in [0.15, 0.2) is 18.2 Å². The molecule has 0 radical (unpaired) electrons. The third kappa shape index (κ3) is 2.55. The average Bonchev–Trinajstić information content (AvgIpc) is 2.97. The summed E-state index contributed by atoms with van der Waals surface area (Å²) in [6, 6.07) is 6.32. The fraction of sp³-hybridized carbons (Fsp3) is 0.632. The van der Waals surface area contributed by atoms with Crippen LogP contribution < -0.4 is 0 Å². The van der Waals surface area contributed by atoms with Gasteiger partial charge in [0.1, 0.15) is 6.10 Å². The molecule has 2 aliphatic rings. The number of ketones is 1. The van der Waals surface area contributed by atoms with E-state index >= 15 is 0 Å². The molecule has 2 heteroatoms. The number of Topliss-reactive ketones (excluding diaryl/α,β-unsaturated/α-hetero) is 1. The van der Waals surface area contributed by atoms with E-state index in [0.717, 1.165) is 25.0 Å². The van der Waals surface area contributed by atoms with Gasteiger partial charge in [0.25, 0.3) is 0 Å². The Hall–Kier alpha value is -1.15. The smallest absolute Gasteiger partial charge is 0.191 e. The number of rotatable bonds is 2. The second-order valence-corrected chi connectivity index (χ2v) is 7.89. The molecule has 0 amide bonds. The van der Waals surface area contributed by atoms with Crippen LogP contribution in [0.1, 0.15) is 74.9 Å². The van der Waals surface area contributed by atoms with Crippen LogP contribution in [0.4, 0.5) is 0 Å². The SMILES string of the molecule is CC1(C)CCC(C)(C)c2cc(C(=O)C3CCCO3)ccc21. The zero-order valence-electron chi connectivity index (χ0n) is 13.7. The van der Waals surface area contributed by atoms with Gasteiger partial charge in [0.05, 0.1) is 0 Å². The molecule has 21 heavy (non-hydrogen) atoms. The average molecular weight is 286 g/mol. The van der Waals surface area contributed by atoms with E-state index in [1.165, 1.54) is 24.0 Å². The predicted molar refractivity (Wildman–Crippen MR) is 85.0 cm³/mol.